The van der Waals surface area contributed by atoms with Gasteiger partial charge in [0.15, 0.2) is 5.78 Å². The maximum Gasteiger partial charge on any atom is 0.316 e. The molecule has 0 radical (unpaired) electrons. The zero-order valence-electron chi connectivity index (χ0n) is 15.5. The lowest BCUT2D eigenvalue weighted by atomic mass is 9.84. The molecule has 0 unspecified atom stereocenters. The van der Waals surface area contributed by atoms with Crippen LogP contribution in [-0.2, 0) is 11.4 Å². The van der Waals surface area contributed by atoms with Crippen molar-refractivity contribution in [2.24, 2.45) is 5.41 Å². The minimum atomic E-state index is -1.46. The number of carbonyl (C=O) groups excluding carboxylic acids is 1. The first-order valence-corrected chi connectivity index (χ1v) is 8.65. The molecule has 0 atom stereocenters. The highest BCUT2D eigenvalue weighted by molar-refractivity contribution is 6.11. The van der Waals surface area contributed by atoms with Crippen LogP contribution < -0.4 is 4.74 Å². The van der Waals surface area contributed by atoms with Crippen LogP contribution >= 0.6 is 0 Å². The van der Waals surface area contributed by atoms with Crippen molar-refractivity contribution in [3.63, 3.8) is 0 Å². The first-order chi connectivity index (χ1) is 12.8. The number of carbonyl (C=O) groups is 2. The molecule has 0 saturated carbocycles. The van der Waals surface area contributed by atoms with E-state index in [4.69, 9.17) is 4.74 Å². The highest BCUT2D eigenvalue weighted by Gasteiger charge is 2.36. The molecule has 5 heteroatoms. The van der Waals surface area contributed by atoms with Gasteiger partial charge in [-0.2, -0.15) is 0 Å². The van der Waals surface area contributed by atoms with Gasteiger partial charge in [0.1, 0.15) is 17.8 Å². The number of ketones is 1. The SMILES string of the molecule is Cc1cc(COc2ccc(C(=O)C(C)(C)C(=O)O)cc2)c2ccccc2n1. The molecule has 0 aliphatic carbocycles. The third-order valence-corrected chi connectivity index (χ3v) is 4.54. The summed E-state index contributed by atoms with van der Waals surface area (Å²) in [5, 5.41) is 10.2. The zero-order valence-corrected chi connectivity index (χ0v) is 15.5. The number of fused-ring (bicyclic) bond motifs is 1. The molecule has 0 bridgehead atoms. The largest absolute Gasteiger partial charge is 0.489 e. The number of carboxylic acids is 1. The highest BCUT2D eigenvalue weighted by Crippen LogP contribution is 2.25. The molecule has 5 nitrogen and oxygen atoms in total. The third-order valence-electron chi connectivity index (χ3n) is 4.54. The van der Waals surface area contributed by atoms with Crippen molar-refractivity contribution in [3.05, 3.63) is 71.4 Å². The maximum absolute atomic E-state index is 12.4. The number of Topliss-reactive ketones (excluding diaryl/α,β-unsaturated/α-hetero) is 1. The Bertz CT molecular complexity index is 1010. The summed E-state index contributed by atoms with van der Waals surface area (Å²) in [5.41, 5.74) is 1.76. The summed E-state index contributed by atoms with van der Waals surface area (Å²) >= 11 is 0. The Balaban J connectivity index is 1.77. The fraction of sp³-hybridized carbons (Fsp3) is 0.227. The van der Waals surface area contributed by atoms with E-state index in [2.05, 4.69) is 4.98 Å². The number of carboxylic acid groups (broad SMARTS) is 1. The van der Waals surface area contributed by atoms with Crippen LogP contribution in [0.2, 0.25) is 0 Å². The van der Waals surface area contributed by atoms with Gasteiger partial charge in [0, 0.05) is 22.2 Å². The number of hydrogen-bond acceptors (Lipinski definition) is 4. The molecule has 0 aliphatic rings. The zero-order chi connectivity index (χ0) is 19.6. The van der Waals surface area contributed by atoms with Gasteiger partial charge in [0.25, 0.3) is 0 Å². The van der Waals surface area contributed by atoms with E-state index in [1.54, 1.807) is 24.3 Å². The highest BCUT2D eigenvalue weighted by atomic mass is 16.5. The third kappa shape index (κ3) is 3.82. The van der Waals surface area contributed by atoms with Gasteiger partial charge in [0.2, 0.25) is 0 Å². The Kier molecular flexibility index (Phi) is 4.95. The first-order valence-electron chi connectivity index (χ1n) is 8.65. The predicted molar refractivity (Wildman–Crippen MR) is 103 cm³/mol. The summed E-state index contributed by atoms with van der Waals surface area (Å²) in [6.45, 7) is 5.12. The lowest BCUT2D eigenvalue weighted by Gasteiger charge is -2.17. The minimum Gasteiger partial charge on any atom is -0.489 e. The van der Waals surface area contributed by atoms with Crippen molar-refractivity contribution < 1.29 is 19.4 Å². The second kappa shape index (κ2) is 7.19. The molecule has 0 fully saturated rings. The molecular weight excluding hydrogens is 342 g/mol. The Hall–Kier alpha value is -3.21. The Morgan fingerprint density at radius 3 is 2.41 bits per heavy atom. The summed E-state index contributed by atoms with van der Waals surface area (Å²) < 4.78 is 5.87. The van der Waals surface area contributed by atoms with Gasteiger partial charge in [-0.05, 0) is 57.2 Å². The standard InChI is InChI=1S/C22H21NO4/c1-14-12-16(18-6-4-5-7-19(18)23-14)13-27-17-10-8-15(9-11-17)20(24)22(2,3)21(25)26/h4-12H,13H2,1-3H3,(H,25,26). The Morgan fingerprint density at radius 2 is 1.74 bits per heavy atom. The fourth-order valence-electron chi connectivity index (χ4n) is 2.84. The smallest absolute Gasteiger partial charge is 0.316 e. The van der Waals surface area contributed by atoms with Crippen LogP contribution in [0, 0.1) is 12.3 Å². The van der Waals surface area contributed by atoms with Crippen molar-refractivity contribution in [1.82, 2.24) is 4.98 Å². The van der Waals surface area contributed by atoms with E-state index in [9.17, 15) is 14.7 Å². The molecular formula is C22H21NO4. The number of aromatic nitrogens is 1. The number of benzene rings is 2. The number of para-hydroxylation sites is 1. The summed E-state index contributed by atoms with van der Waals surface area (Å²) in [6.07, 6.45) is 0. The summed E-state index contributed by atoms with van der Waals surface area (Å²) in [5.74, 6) is -0.969. The van der Waals surface area contributed by atoms with E-state index in [-0.39, 0.29) is 0 Å². The van der Waals surface area contributed by atoms with Crippen LogP contribution in [0.5, 0.6) is 5.75 Å². The molecule has 1 N–H and O–H groups in total. The van der Waals surface area contributed by atoms with Gasteiger partial charge < -0.3 is 9.84 Å². The van der Waals surface area contributed by atoms with E-state index >= 15 is 0 Å². The number of rotatable bonds is 6. The molecule has 138 valence electrons. The van der Waals surface area contributed by atoms with Gasteiger partial charge in [-0.25, -0.2) is 0 Å². The molecule has 0 amide bonds. The molecule has 2 aromatic carbocycles. The average Bonchev–Trinajstić information content (AvgIpc) is 2.65. The summed E-state index contributed by atoms with van der Waals surface area (Å²) in [4.78, 5) is 28.1. The molecule has 1 aromatic heterocycles. The van der Waals surface area contributed by atoms with Crippen molar-refractivity contribution in [2.75, 3.05) is 0 Å². The number of ether oxygens (including phenoxy) is 1. The van der Waals surface area contributed by atoms with Gasteiger partial charge in [-0.1, -0.05) is 18.2 Å². The number of pyridine rings is 1. The number of aliphatic carboxylic acids is 1. The van der Waals surface area contributed by atoms with E-state index in [1.165, 1.54) is 13.8 Å². The quantitative estimate of drug-likeness (QED) is 0.518. The lowest BCUT2D eigenvalue weighted by Crippen LogP contribution is -2.33. The van der Waals surface area contributed by atoms with E-state index in [0.717, 1.165) is 22.2 Å². The van der Waals surface area contributed by atoms with Crippen LogP contribution in [-0.4, -0.2) is 21.8 Å². The molecule has 3 aromatic rings. The molecule has 0 spiro atoms. The van der Waals surface area contributed by atoms with Crippen molar-refractivity contribution in [1.29, 1.82) is 0 Å². The van der Waals surface area contributed by atoms with E-state index in [0.29, 0.717) is 17.9 Å². The second-order valence-electron chi connectivity index (χ2n) is 7.01. The number of hydrogen-bond donors (Lipinski definition) is 1. The van der Waals surface area contributed by atoms with Gasteiger partial charge >= 0.3 is 5.97 Å². The van der Waals surface area contributed by atoms with Crippen LogP contribution in [0.25, 0.3) is 10.9 Å². The minimum absolute atomic E-state index is 0.347. The fourth-order valence-corrected chi connectivity index (χ4v) is 2.84. The monoisotopic (exact) mass is 363 g/mol. The Morgan fingerprint density at radius 1 is 1.07 bits per heavy atom. The molecule has 1 heterocycles. The second-order valence-corrected chi connectivity index (χ2v) is 7.01. The summed E-state index contributed by atoms with van der Waals surface area (Å²) in [6, 6.07) is 16.4. The van der Waals surface area contributed by atoms with Crippen molar-refractivity contribution in [3.8, 4) is 5.75 Å². The molecule has 27 heavy (non-hydrogen) atoms. The van der Waals surface area contributed by atoms with Crippen molar-refractivity contribution in [2.45, 2.75) is 27.4 Å². The lowest BCUT2D eigenvalue weighted by molar-refractivity contribution is -0.144. The van der Waals surface area contributed by atoms with Gasteiger partial charge in [0.05, 0.1) is 5.52 Å². The topological polar surface area (TPSA) is 76.5 Å². The predicted octanol–water partition coefficient (Wildman–Crippen LogP) is 4.42. The normalized spacial score (nSPS) is 11.4. The van der Waals surface area contributed by atoms with E-state index in [1.807, 2.05) is 37.3 Å². The van der Waals surface area contributed by atoms with E-state index < -0.39 is 17.2 Å². The number of nitrogens with zero attached hydrogens (tertiary/aromatic N) is 1. The molecule has 3 rings (SSSR count). The van der Waals surface area contributed by atoms with Crippen LogP contribution in [0.1, 0.15) is 35.5 Å². The molecule has 0 aliphatic heterocycles. The maximum atomic E-state index is 12.4. The van der Waals surface area contributed by atoms with Gasteiger partial charge in [-0.3, -0.25) is 14.6 Å². The van der Waals surface area contributed by atoms with Crippen LogP contribution in [0.3, 0.4) is 0 Å². The summed E-state index contributed by atoms with van der Waals surface area (Å²) in [7, 11) is 0. The van der Waals surface area contributed by atoms with Gasteiger partial charge in [-0.15, -0.1) is 0 Å². The van der Waals surface area contributed by atoms with Crippen LogP contribution in [0.4, 0.5) is 0 Å². The molecule has 0 saturated heterocycles. The average molecular weight is 363 g/mol. The first kappa shape index (κ1) is 18.6. The number of aryl methyl sites for hydroxylation is 1. The van der Waals surface area contributed by atoms with Crippen molar-refractivity contribution >= 4 is 22.7 Å². The Labute approximate surface area is 157 Å². The van der Waals surface area contributed by atoms with Crippen LogP contribution in [0.15, 0.2) is 54.6 Å².